The van der Waals surface area contributed by atoms with E-state index in [9.17, 15) is 8.42 Å². The Morgan fingerprint density at radius 3 is 1.58 bits per heavy atom. The van der Waals surface area contributed by atoms with Gasteiger partial charge in [0.15, 0.2) is 0 Å². The molecule has 0 heterocycles. The molecule has 0 fully saturated rings. The lowest BCUT2D eigenvalue weighted by atomic mass is 9.91. The molecule has 0 aliphatic rings. The summed E-state index contributed by atoms with van der Waals surface area (Å²) >= 11 is 0. The van der Waals surface area contributed by atoms with Crippen molar-refractivity contribution >= 4 is 10.1 Å². The quantitative estimate of drug-likeness (QED) is 0.385. The Morgan fingerprint density at radius 1 is 0.758 bits per heavy atom. The average molecular weight is 476 g/mol. The van der Waals surface area contributed by atoms with Crippen LogP contribution in [0.1, 0.15) is 45.2 Å². The summed E-state index contributed by atoms with van der Waals surface area (Å²) < 4.78 is 37.8. The van der Waals surface area contributed by atoms with Gasteiger partial charge in [0.1, 0.15) is 0 Å². The molecule has 0 N–H and O–H groups in total. The third-order valence-corrected chi connectivity index (χ3v) is 4.98. The predicted octanol–water partition coefficient (Wildman–Crippen LogP) is 5.35. The van der Waals surface area contributed by atoms with Crippen molar-refractivity contribution in [2.24, 2.45) is 10.8 Å². The van der Waals surface area contributed by atoms with Gasteiger partial charge in [-0.2, -0.15) is 13.7 Å². The van der Waals surface area contributed by atoms with Crippen LogP contribution >= 0.6 is 0 Å². The summed E-state index contributed by atoms with van der Waals surface area (Å²) in [5, 5.41) is 8.61. The Hall–Kier alpha value is -2.24. The molecule has 0 spiro atoms. The van der Waals surface area contributed by atoms with Gasteiger partial charge >= 0.3 is 0 Å². The van der Waals surface area contributed by atoms with E-state index >= 15 is 0 Å². The molecule has 0 amide bonds. The van der Waals surface area contributed by atoms with Crippen LogP contribution in [0.2, 0.25) is 0 Å². The number of hydrogen-bond acceptors (Lipinski definition) is 6. The minimum absolute atomic E-state index is 0.0521. The summed E-state index contributed by atoms with van der Waals surface area (Å²) in [5.74, 6) is 0. The fourth-order valence-corrected chi connectivity index (χ4v) is 3.15. The molecule has 2 aromatic carbocycles. The van der Waals surface area contributed by atoms with Crippen molar-refractivity contribution in [1.29, 1.82) is 5.26 Å². The number of benzene rings is 2. The summed E-state index contributed by atoms with van der Waals surface area (Å²) in [4.78, 5) is 0. The second kappa shape index (κ2) is 14.1. The second-order valence-corrected chi connectivity index (χ2v) is 11.2. The van der Waals surface area contributed by atoms with E-state index in [0.29, 0.717) is 32.8 Å². The first-order valence-electron chi connectivity index (χ1n) is 10.9. The van der Waals surface area contributed by atoms with Gasteiger partial charge in [0.2, 0.25) is 0 Å². The minimum atomic E-state index is -3.39. The Morgan fingerprint density at radius 2 is 1.18 bits per heavy atom. The lowest BCUT2D eigenvalue weighted by Gasteiger charge is -2.23. The molecule has 2 aromatic rings. The van der Waals surface area contributed by atoms with Crippen molar-refractivity contribution in [2.45, 2.75) is 47.3 Å². The molecule has 0 atom stereocenters. The van der Waals surface area contributed by atoms with Crippen LogP contribution < -0.4 is 0 Å². The molecule has 33 heavy (non-hydrogen) atoms. The van der Waals surface area contributed by atoms with Crippen LogP contribution in [0.4, 0.5) is 0 Å². The van der Waals surface area contributed by atoms with Crippen LogP contribution in [0.5, 0.6) is 0 Å². The molecule has 0 unspecified atom stereocenters. The molecule has 0 aromatic heterocycles. The fourth-order valence-electron chi connectivity index (χ4n) is 2.61. The van der Waals surface area contributed by atoms with Crippen LogP contribution in [-0.4, -0.2) is 34.5 Å². The SMILES string of the molecule is CC(C)(CC#N)COCc1ccccc1.CC(C)(COCc1ccccc1)COS(C)(=O)=O. The third kappa shape index (κ3) is 15.3. The highest BCUT2D eigenvalue weighted by atomic mass is 32.2. The van der Waals surface area contributed by atoms with E-state index in [1.165, 1.54) is 5.56 Å². The van der Waals surface area contributed by atoms with Crippen LogP contribution in [-0.2, 0) is 37.0 Å². The number of nitrogens with zero attached hydrogens (tertiary/aromatic N) is 1. The van der Waals surface area contributed by atoms with Crippen molar-refractivity contribution in [3.8, 4) is 6.07 Å². The molecule has 0 aliphatic heterocycles. The van der Waals surface area contributed by atoms with Gasteiger partial charge in [-0.15, -0.1) is 0 Å². The molecular weight excluding hydrogens is 438 g/mol. The average Bonchev–Trinajstić information content (AvgIpc) is 2.74. The minimum Gasteiger partial charge on any atom is -0.376 e. The van der Waals surface area contributed by atoms with Gasteiger partial charge in [0, 0.05) is 17.3 Å². The van der Waals surface area contributed by atoms with E-state index in [0.717, 1.165) is 11.8 Å². The maximum atomic E-state index is 10.9. The van der Waals surface area contributed by atoms with Crippen molar-refractivity contribution in [3.05, 3.63) is 71.8 Å². The lowest BCUT2D eigenvalue weighted by Crippen LogP contribution is -2.27. The zero-order valence-electron chi connectivity index (χ0n) is 20.4. The molecule has 7 heteroatoms. The second-order valence-electron chi connectivity index (χ2n) is 9.59. The van der Waals surface area contributed by atoms with Gasteiger partial charge in [0.05, 0.1) is 45.4 Å². The summed E-state index contributed by atoms with van der Waals surface area (Å²) in [6, 6.07) is 22.1. The maximum Gasteiger partial charge on any atom is 0.264 e. The third-order valence-electron chi connectivity index (χ3n) is 4.43. The molecule has 0 radical (unpaired) electrons. The normalized spacial score (nSPS) is 11.9. The van der Waals surface area contributed by atoms with Crippen molar-refractivity contribution < 1.29 is 22.1 Å². The first-order valence-corrected chi connectivity index (χ1v) is 12.7. The molecule has 0 saturated heterocycles. The summed E-state index contributed by atoms with van der Waals surface area (Å²) in [6.07, 6.45) is 1.58. The molecular formula is C26H37NO5S. The molecule has 6 nitrogen and oxygen atoms in total. The molecule has 2 rings (SSSR count). The monoisotopic (exact) mass is 475 g/mol. The van der Waals surface area contributed by atoms with Crippen LogP contribution in [0.3, 0.4) is 0 Å². The summed E-state index contributed by atoms with van der Waals surface area (Å²) in [6.45, 7) is 10.2. The highest BCUT2D eigenvalue weighted by molar-refractivity contribution is 7.85. The lowest BCUT2D eigenvalue weighted by molar-refractivity contribution is 0.0275. The Labute approximate surface area is 199 Å². The zero-order chi connectivity index (χ0) is 24.8. The number of nitriles is 1. The first-order chi connectivity index (χ1) is 15.4. The fraction of sp³-hybridized carbons (Fsp3) is 0.500. The van der Waals surface area contributed by atoms with Gasteiger partial charge in [-0.05, 0) is 11.1 Å². The van der Waals surface area contributed by atoms with Crippen LogP contribution in [0.15, 0.2) is 60.7 Å². The van der Waals surface area contributed by atoms with Gasteiger partial charge in [-0.3, -0.25) is 4.18 Å². The molecule has 0 aliphatic carbocycles. The van der Waals surface area contributed by atoms with E-state index in [4.69, 9.17) is 18.9 Å². The number of rotatable bonds is 12. The van der Waals surface area contributed by atoms with Gasteiger partial charge < -0.3 is 9.47 Å². The highest BCUT2D eigenvalue weighted by Crippen LogP contribution is 2.20. The topological polar surface area (TPSA) is 85.6 Å². The Kier molecular flexibility index (Phi) is 12.3. The molecule has 0 saturated carbocycles. The van der Waals surface area contributed by atoms with Crippen LogP contribution in [0, 0.1) is 22.2 Å². The predicted molar refractivity (Wildman–Crippen MR) is 131 cm³/mol. The Bertz CT molecular complexity index is 936. The largest absolute Gasteiger partial charge is 0.376 e. The zero-order valence-corrected chi connectivity index (χ0v) is 21.2. The van der Waals surface area contributed by atoms with E-state index in [1.807, 2.05) is 88.4 Å². The van der Waals surface area contributed by atoms with Gasteiger partial charge in [-0.1, -0.05) is 88.4 Å². The van der Waals surface area contributed by atoms with E-state index in [1.54, 1.807) is 0 Å². The smallest absolute Gasteiger partial charge is 0.264 e. The van der Waals surface area contributed by atoms with Crippen molar-refractivity contribution in [2.75, 3.05) is 26.1 Å². The highest BCUT2D eigenvalue weighted by Gasteiger charge is 2.21. The van der Waals surface area contributed by atoms with Gasteiger partial charge in [-0.25, -0.2) is 0 Å². The van der Waals surface area contributed by atoms with E-state index < -0.39 is 10.1 Å². The van der Waals surface area contributed by atoms with Crippen LogP contribution in [0.25, 0.3) is 0 Å². The summed E-state index contributed by atoms with van der Waals surface area (Å²) in [5.41, 5.74) is 1.88. The number of hydrogen-bond donors (Lipinski definition) is 0. The molecule has 182 valence electrons. The van der Waals surface area contributed by atoms with E-state index in [-0.39, 0.29) is 17.4 Å². The van der Waals surface area contributed by atoms with E-state index in [2.05, 4.69) is 6.07 Å². The van der Waals surface area contributed by atoms with Gasteiger partial charge in [0.25, 0.3) is 10.1 Å². The van der Waals surface area contributed by atoms with Crippen molar-refractivity contribution in [1.82, 2.24) is 0 Å². The van der Waals surface area contributed by atoms with Crippen molar-refractivity contribution in [3.63, 3.8) is 0 Å². The number of ether oxygens (including phenoxy) is 2. The first kappa shape index (κ1) is 28.8. The summed E-state index contributed by atoms with van der Waals surface area (Å²) in [7, 11) is -3.39. The molecule has 0 bridgehead atoms. The Balaban J connectivity index is 0.000000335. The maximum absolute atomic E-state index is 10.9. The standard InChI is InChI=1S/C13H17NO.C13H20O4S/c1-13(2,8-9-14)11-15-10-12-6-4-3-5-7-12;1-13(2,11-17-18(3,14)15)10-16-9-12-7-5-4-6-8-12/h3-7H,8,10-11H2,1-2H3;4-8H,9-11H2,1-3H3.